The van der Waals surface area contributed by atoms with Gasteiger partial charge < -0.3 is 20.3 Å². The molecule has 40 heavy (non-hydrogen) atoms. The molecule has 7 nitrogen and oxygen atoms in total. The largest absolute Gasteiger partial charge is 0.494 e. The predicted octanol–water partition coefficient (Wildman–Crippen LogP) is 7.38. The van der Waals surface area contributed by atoms with Crippen LogP contribution in [-0.2, 0) is 20.8 Å². The molecular formula is C33H59NO6. The summed E-state index contributed by atoms with van der Waals surface area (Å²) in [5.74, 6) is 0.357. The molecule has 2 rings (SSSR count). The van der Waals surface area contributed by atoms with Gasteiger partial charge in [-0.2, -0.15) is 0 Å². The van der Waals surface area contributed by atoms with Crippen LogP contribution in [0.2, 0.25) is 0 Å². The minimum atomic E-state index is -0.667. The molecule has 0 saturated heterocycles. The van der Waals surface area contributed by atoms with Gasteiger partial charge in [0.05, 0.1) is 25.5 Å². The molecule has 1 fully saturated rings. The van der Waals surface area contributed by atoms with E-state index in [0.717, 1.165) is 37.2 Å². The standard InChI is InChI=1S/C15H21NO4.C10H20O2.C6H12.C2H6/c1-12(18)11-16-15(19)10-13-5-4-6-14(9-13)20-8-3-2-7-17;1-4-8(2)6-5-7-9(3)10(11)12;1-2-4-6-5-3-1;1-2/h4-6,9,17H,2-3,7-8,10-11H2,1H3,(H,16,19);8-9H,4-7H2,1-3H3,(H,11,12);1-6H2;1-2H3. The number of carboxylic acids is 1. The molecule has 0 aliphatic heterocycles. The van der Waals surface area contributed by atoms with E-state index in [2.05, 4.69) is 19.2 Å². The van der Waals surface area contributed by atoms with Gasteiger partial charge in [0.25, 0.3) is 0 Å². The Bertz CT molecular complexity index is 752. The van der Waals surface area contributed by atoms with Crippen molar-refractivity contribution in [2.75, 3.05) is 19.8 Å². The summed E-state index contributed by atoms with van der Waals surface area (Å²) in [4.78, 5) is 32.8. The number of amides is 1. The molecule has 0 spiro atoms. The first-order valence-electron chi connectivity index (χ1n) is 15.5. The number of hydrogen-bond acceptors (Lipinski definition) is 5. The van der Waals surface area contributed by atoms with E-state index in [1.807, 2.05) is 38.1 Å². The van der Waals surface area contributed by atoms with Crippen LogP contribution in [0.4, 0.5) is 0 Å². The first-order chi connectivity index (χ1) is 19.2. The first-order valence-corrected chi connectivity index (χ1v) is 15.5. The van der Waals surface area contributed by atoms with Crippen molar-refractivity contribution in [1.82, 2.24) is 5.32 Å². The maximum atomic E-state index is 11.6. The lowest BCUT2D eigenvalue weighted by atomic mass is 9.97. The minimum absolute atomic E-state index is 0.0657. The molecule has 0 bridgehead atoms. The number of benzene rings is 1. The van der Waals surface area contributed by atoms with Gasteiger partial charge in [-0.1, -0.05) is 105 Å². The van der Waals surface area contributed by atoms with Crippen LogP contribution < -0.4 is 10.1 Å². The van der Waals surface area contributed by atoms with E-state index in [9.17, 15) is 14.4 Å². The zero-order chi connectivity index (χ0) is 30.6. The SMILES string of the molecule is C1CCCCC1.CC.CC(=O)CNC(=O)Cc1cccc(OCCCCO)c1.CCC(C)CCCC(C)C(=O)O. The highest BCUT2D eigenvalue weighted by Gasteiger charge is 2.10. The molecule has 1 aliphatic rings. The number of ketones is 1. The van der Waals surface area contributed by atoms with Crippen LogP contribution in [0, 0.1) is 11.8 Å². The number of aliphatic hydroxyl groups excluding tert-OH is 1. The number of carboxylic acid groups (broad SMARTS) is 1. The van der Waals surface area contributed by atoms with Gasteiger partial charge >= 0.3 is 5.97 Å². The molecule has 2 atom stereocenters. The van der Waals surface area contributed by atoms with E-state index >= 15 is 0 Å². The lowest BCUT2D eigenvalue weighted by Gasteiger charge is -2.09. The average molecular weight is 566 g/mol. The highest BCUT2D eigenvalue weighted by molar-refractivity contribution is 5.85. The number of Topliss-reactive ketones (excluding diaryl/α,β-unsaturated/α-hetero) is 1. The summed E-state index contributed by atoms with van der Waals surface area (Å²) in [7, 11) is 0. The molecule has 0 heterocycles. The van der Waals surface area contributed by atoms with Gasteiger partial charge in [-0.15, -0.1) is 0 Å². The monoisotopic (exact) mass is 565 g/mol. The second-order valence-electron chi connectivity index (χ2n) is 10.4. The van der Waals surface area contributed by atoms with Gasteiger partial charge in [0.1, 0.15) is 11.5 Å². The van der Waals surface area contributed by atoms with Gasteiger partial charge in [0.2, 0.25) is 5.91 Å². The Hall–Kier alpha value is -2.41. The van der Waals surface area contributed by atoms with Crippen LogP contribution in [0.5, 0.6) is 5.75 Å². The number of rotatable bonds is 15. The molecule has 0 radical (unpaired) electrons. The maximum Gasteiger partial charge on any atom is 0.306 e. The van der Waals surface area contributed by atoms with Crippen molar-refractivity contribution in [1.29, 1.82) is 0 Å². The Morgan fingerprint density at radius 3 is 2.05 bits per heavy atom. The van der Waals surface area contributed by atoms with Crippen molar-refractivity contribution in [2.45, 2.75) is 125 Å². The molecule has 3 N–H and O–H groups in total. The van der Waals surface area contributed by atoms with Crippen LogP contribution >= 0.6 is 0 Å². The molecule has 0 aromatic heterocycles. The summed E-state index contributed by atoms with van der Waals surface area (Å²) in [5, 5.41) is 19.8. The number of carbonyl (C=O) groups excluding carboxylic acids is 2. The van der Waals surface area contributed by atoms with Gasteiger partial charge in [-0.25, -0.2) is 0 Å². The summed E-state index contributed by atoms with van der Waals surface area (Å²) in [6.45, 7) is 12.4. The Labute approximate surface area is 244 Å². The molecule has 1 amide bonds. The molecular weight excluding hydrogens is 506 g/mol. The number of ether oxygens (including phenoxy) is 1. The lowest BCUT2D eigenvalue weighted by molar-refractivity contribution is -0.141. The van der Waals surface area contributed by atoms with E-state index in [1.165, 1.54) is 51.9 Å². The Morgan fingerprint density at radius 2 is 1.55 bits per heavy atom. The zero-order valence-electron chi connectivity index (χ0n) is 26.3. The van der Waals surface area contributed by atoms with Crippen LogP contribution in [0.1, 0.15) is 124 Å². The molecule has 1 aliphatic carbocycles. The lowest BCUT2D eigenvalue weighted by Crippen LogP contribution is -2.29. The number of aliphatic hydroxyl groups is 1. The Morgan fingerprint density at radius 1 is 0.950 bits per heavy atom. The van der Waals surface area contributed by atoms with Crippen LogP contribution in [0.15, 0.2) is 24.3 Å². The Balaban J connectivity index is 0. The second-order valence-corrected chi connectivity index (χ2v) is 10.4. The van der Waals surface area contributed by atoms with Crippen LogP contribution in [-0.4, -0.2) is 47.6 Å². The van der Waals surface area contributed by atoms with Crippen molar-refractivity contribution >= 4 is 17.7 Å². The topological polar surface area (TPSA) is 113 Å². The molecule has 7 heteroatoms. The van der Waals surface area contributed by atoms with Gasteiger partial charge in [0.15, 0.2) is 0 Å². The second kappa shape index (κ2) is 28.1. The van der Waals surface area contributed by atoms with E-state index in [4.69, 9.17) is 14.9 Å². The maximum absolute atomic E-state index is 11.6. The van der Waals surface area contributed by atoms with Gasteiger partial charge in [-0.05, 0) is 49.8 Å². The third-order valence-corrected chi connectivity index (χ3v) is 6.57. The van der Waals surface area contributed by atoms with E-state index in [0.29, 0.717) is 18.8 Å². The number of unbranched alkanes of at least 4 members (excludes halogenated alkanes) is 1. The van der Waals surface area contributed by atoms with Crippen molar-refractivity contribution in [2.24, 2.45) is 11.8 Å². The molecule has 232 valence electrons. The number of nitrogens with one attached hydrogen (secondary N) is 1. The fraction of sp³-hybridized carbons (Fsp3) is 0.727. The molecule has 2 unspecified atom stereocenters. The summed E-state index contributed by atoms with van der Waals surface area (Å²) in [6, 6.07) is 7.31. The smallest absolute Gasteiger partial charge is 0.306 e. The number of aliphatic carboxylic acids is 1. The van der Waals surface area contributed by atoms with Crippen molar-refractivity contribution < 1.29 is 29.3 Å². The average Bonchev–Trinajstić information content (AvgIpc) is 2.97. The van der Waals surface area contributed by atoms with Crippen LogP contribution in [0.3, 0.4) is 0 Å². The molecule has 1 saturated carbocycles. The summed E-state index contributed by atoms with van der Waals surface area (Å²) >= 11 is 0. The molecule has 1 aromatic rings. The summed E-state index contributed by atoms with van der Waals surface area (Å²) in [5.41, 5.74) is 0.839. The summed E-state index contributed by atoms with van der Waals surface area (Å²) < 4.78 is 5.53. The first kappa shape index (κ1) is 39.7. The normalized spacial score (nSPS) is 13.5. The third kappa shape index (κ3) is 25.8. The number of hydrogen-bond donors (Lipinski definition) is 3. The van der Waals surface area contributed by atoms with Crippen LogP contribution in [0.25, 0.3) is 0 Å². The van der Waals surface area contributed by atoms with Gasteiger partial charge in [0, 0.05) is 6.61 Å². The third-order valence-electron chi connectivity index (χ3n) is 6.57. The number of carbonyl (C=O) groups is 3. The highest BCUT2D eigenvalue weighted by atomic mass is 16.5. The van der Waals surface area contributed by atoms with E-state index in [-0.39, 0.29) is 37.2 Å². The summed E-state index contributed by atoms with van der Waals surface area (Å²) in [6.07, 6.45) is 15.0. The fourth-order valence-corrected chi connectivity index (χ4v) is 3.78. The fourth-order valence-electron chi connectivity index (χ4n) is 3.78. The van der Waals surface area contributed by atoms with Crippen molar-refractivity contribution in [3.63, 3.8) is 0 Å². The van der Waals surface area contributed by atoms with Crippen molar-refractivity contribution in [3.8, 4) is 5.75 Å². The van der Waals surface area contributed by atoms with Gasteiger partial charge in [-0.3, -0.25) is 14.4 Å². The molecule has 1 aromatic carbocycles. The van der Waals surface area contributed by atoms with E-state index < -0.39 is 5.97 Å². The minimum Gasteiger partial charge on any atom is -0.494 e. The highest BCUT2D eigenvalue weighted by Crippen LogP contribution is 2.16. The van der Waals surface area contributed by atoms with E-state index in [1.54, 1.807) is 6.92 Å². The Kier molecular flexibility index (Phi) is 27.9. The quantitative estimate of drug-likeness (QED) is 0.191. The van der Waals surface area contributed by atoms with Crippen molar-refractivity contribution in [3.05, 3.63) is 29.8 Å². The zero-order valence-corrected chi connectivity index (χ0v) is 26.3. The predicted molar refractivity (Wildman–Crippen MR) is 165 cm³/mol.